The van der Waals surface area contributed by atoms with Crippen molar-refractivity contribution in [2.24, 2.45) is 0 Å². The van der Waals surface area contributed by atoms with Crippen molar-refractivity contribution < 1.29 is 13.2 Å². The zero-order valence-electron chi connectivity index (χ0n) is 16.7. The molecule has 1 saturated heterocycles. The number of halogens is 3. The summed E-state index contributed by atoms with van der Waals surface area (Å²) in [6, 6.07) is 7.25. The van der Waals surface area contributed by atoms with Crippen LogP contribution in [-0.4, -0.2) is 40.2 Å². The van der Waals surface area contributed by atoms with Crippen LogP contribution in [0.15, 0.2) is 30.5 Å². The average molecular weight is 400 g/mol. The quantitative estimate of drug-likeness (QED) is 0.598. The number of likely N-dealkylation sites (tertiary alicyclic amines) is 1. The third-order valence-electron chi connectivity index (χ3n) is 5.77. The molecule has 3 aromatic rings. The van der Waals surface area contributed by atoms with Gasteiger partial charge in [0, 0.05) is 18.1 Å². The first-order valence-electron chi connectivity index (χ1n) is 9.74. The fourth-order valence-corrected chi connectivity index (χ4v) is 4.23. The number of aromatic nitrogens is 3. The van der Waals surface area contributed by atoms with Crippen molar-refractivity contribution in [2.45, 2.75) is 38.8 Å². The molecule has 29 heavy (non-hydrogen) atoms. The number of pyridine rings is 1. The molecule has 0 N–H and O–H groups in total. The highest BCUT2D eigenvalue weighted by atomic mass is 19.4. The Balaban J connectivity index is 1.80. The smallest absolute Gasteiger partial charge is 0.306 e. The fraction of sp³-hybridized carbons (Fsp3) is 0.409. The molecular formula is C22H23F3N4. The molecule has 2 aromatic heterocycles. The summed E-state index contributed by atoms with van der Waals surface area (Å²) >= 11 is 0. The Bertz CT molecular complexity index is 1060. The van der Waals surface area contributed by atoms with Gasteiger partial charge in [0.2, 0.25) is 0 Å². The maximum atomic E-state index is 13.0. The van der Waals surface area contributed by atoms with Gasteiger partial charge in [-0.2, -0.15) is 13.2 Å². The van der Waals surface area contributed by atoms with Gasteiger partial charge in [-0.05, 0) is 69.0 Å². The molecule has 0 aliphatic carbocycles. The molecule has 1 aliphatic rings. The van der Waals surface area contributed by atoms with E-state index in [1.807, 2.05) is 19.1 Å². The number of benzene rings is 1. The van der Waals surface area contributed by atoms with Crippen molar-refractivity contribution >= 4 is 10.9 Å². The van der Waals surface area contributed by atoms with Gasteiger partial charge < -0.3 is 4.90 Å². The number of nitrogens with zero attached hydrogens (tertiary/aromatic N) is 4. The minimum Gasteiger partial charge on any atom is -0.306 e. The van der Waals surface area contributed by atoms with Crippen LogP contribution in [0.25, 0.3) is 22.3 Å². The standard InChI is InChI=1S/C22H23F3N4/c1-13-10-16(22(23,24)25)11-26-19(13)20-14(2)17-7-4-8-18(21(17)28-27-20)15-6-5-9-29(3)12-15/h4,7-8,10-11,15H,5-6,9,12H2,1-3H3/t15-/m0/s1. The molecule has 152 valence electrons. The number of hydrogen-bond acceptors (Lipinski definition) is 4. The molecule has 1 aliphatic heterocycles. The van der Waals surface area contributed by atoms with Crippen molar-refractivity contribution in [3.63, 3.8) is 0 Å². The highest BCUT2D eigenvalue weighted by Crippen LogP contribution is 2.35. The lowest BCUT2D eigenvalue weighted by Gasteiger charge is -2.30. The average Bonchev–Trinajstić information content (AvgIpc) is 2.68. The molecule has 0 unspecified atom stereocenters. The number of rotatable bonds is 2. The molecule has 7 heteroatoms. The van der Waals surface area contributed by atoms with Crippen LogP contribution in [0.4, 0.5) is 13.2 Å². The molecule has 4 nitrogen and oxygen atoms in total. The predicted molar refractivity (Wildman–Crippen MR) is 107 cm³/mol. The highest BCUT2D eigenvalue weighted by molar-refractivity contribution is 5.89. The molecule has 0 spiro atoms. The number of likely N-dealkylation sites (N-methyl/N-ethyl adjacent to an activating group) is 1. The van der Waals surface area contributed by atoms with Gasteiger partial charge >= 0.3 is 6.18 Å². The van der Waals surface area contributed by atoms with Crippen LogP contribution < -0.4 is 0 Å². The van der Waals surface area contributed by atoms with E-state index in [0.29, 0.717) is 22.9 Å². The van der Waals surface area contributed by atoms with Crippen LogP contribution in [0.1, 0.15) is 41.0 Å². The van der Waals surface area contributed by atoms with Gasteiger partial charge in [-0.15, -0.1) is 10.2 Å². The summed E-state index contributed by atoms with van der Waals surface area (Å²) in [6.07, 6.45) is -1.29. The van der Waals surface area contributed by atoms with E-state index in [-0.39, 0.29) is 0 Å². The Labute approximate surface area is 167 Å². The van der Waals surface area contributed by atoms with Crippen molar-refractivity contribution in [1.82, 2.24) is 20.1 Å². The number of piperidine rings is 1. The maximum Gasteiger partial charge on any atom is 0.417 e. The summed E-state index contributed by atoms with van der Waals surface area (Å²) in [7, 11) is 2.13. The number of hydrogen-bond donors (Lipinski definition) is 0. The molecule has 0 radical (unpaired) electrons. The van der Waals surface area contributed by atoms with E-state index < -0.39 is 11.7 Å². The van der Waals surface area contributed by atoms with Crippen LogP contribution in [0.2, 0.25) is 0 Å². The van der Waals surface area contributed by atoms with Crippen LogP contribution in [-0.2, 0) is 6.18 Å². The summed E-state index contributed by atoms with van der Waals surface area (Å²) in [5, 5.41) is 9.87. The zero-order chi connectivity index (χ0) is 20.8. The van der Waals surface area contributed by atoms with Crippen molar-refractivity contribution in [3.05, 3.63) is 52.7 Å². The largest absolute Gasteiger partial charge is 0.417 e. The van der Waals surface area contributed by atoms with Crippen LogP contribution in [0.5, 0.6) is 0 Å². The minimum absolute atomic E-state index is 0.405. The molecule has 1 fully saturated rings. The van der Waals surface area contributed by atoms with Gasteiger partial charge in [0.25, 0.3) is 0 Å². The van der Waals surface area contributed by atoms with E-state index in [4.69, 9.17) is 0 Å². The molecule has 4 rings (SSSR count). The van der Waals surface area contributed by atoms with E-state index >= 15 is 0 Å². The highest BCUT2D eigenvalue weighted by Gasteiger charge is 2.31. The summed E-state index contributed by atoms with van der Waals surface area (Å²) in [5.74, 6) is 0.405. The first-order chi connectivity index (χ1) is 13.8. The summed E-state index contributed by atoms with van der Waals surface area (Å²) in [4.78, 5) is 6.41. The number of aryl methyl sites for hydroxylation is 2. The van der Waals surface area contributed by atoms with E-state index in [1.165, 1.54) is 5.56 Å². The Hall–Kier alpha value is -2.54. The van der Waals surface area contributed by atoms with E-state index in [2.05, 4.69) is 33.2 Å². The fourth-order valence-electron chi connectivity index (χ4n) is 4.23. The topological polar surface area (TPSA) is 41.9 Å². The van der Waals surface area contributed by atoms with E-state index in [0.717, 1.165) is 54.7 Å². The van der Waals surface area contributed by atoms with Crippen molar-refractivity contribution in [2.75, 3.05) is 20.1 Å². The third kappa shape index (κ3) is 3.71. The zero-order valence-corrected chi connectivity index (χ0v) is 16.7. The van der Waals surface area contributed by atoms with Gasteiger partial charge in [0.15, 0.2) is 0 Å². The Morgan fingerprint density at radius 2 is 1.90 bits per heavy atom. The SMILES string of the molecule is Cc1cc(C(F)(F)F)cnc1-c1nnc2c([C@H]3CCCN(C)C3)cccc2c1C. The molecular weight excluding hydrogens is 377 g/mol. The van der Waals surface area contributed by atoms with Gasteiger partial charge in [0.1, 0.15) is 5.69 Å². The second kappa shape index (κ2) is 7.37. The predicted octanol–water partition coefficient (Wildman–Crippen LogP) is 5.14. The normalized spacial score (nSPS) is 18.3. The maximum absolute atomic E-state index is 13.0. The molecule has 1 atom stereocenters. The van der Waals surface area contributed by atoms with Gasteiger partial charge in [-0.1, -0.05) is 18.2 Å². The first kappa shape index (κ1) is 19.8. The van der Waals surface area contributed by atoms with Crippen molar-refractivity contribution in [1.29, 1.82) is 0 Å². The second-order valence-electron chi connectivity index (χ2n) is 7.91. The van der Waals surface area contributed by atoms with Gasteiger partial charge in [-0.3, -0.25) is 4.98 Å². The molecule has 0 amide bonds. The lowest BCUT2D eigenvalue weighted by molar-refractivity contribution is -0.137. The summed E-state index contributed by atoms with van der Waals surface area (Å²) in [6.45, 7) is 5.65. The van der Waals surface area contributed by atoms with E-state index in [1.54, 1.807) is 6.92 Å². The molecule has 1 aromatic carbocycles. The molecule has 0 bridgehead atoms. The minimum atomic E-state index is -4.41. The van der Waals surface area contributed by atoms with Gasteiger partial charge in [-0.25, -0.2) is 0 Å². The number of alkyl halides is 3. The summed E-state index contributed by atoms with van der Waals surface area (Å²) in [5.41, 5.74) is 3.59. The van der Waals surface area contributed by atoms with Crippen LogP contribution in [0, 0.1) is 13.8 Å². The van der Waals surface area contributed by atoms with Crippen LogP contribution in [0.3, 0.4) is 0 Å². The van der Waals surface area contributed by atoms with Gasteiger partial charge in [0.05, 0.1) is 16.8 Å². The third-order valence-corrected chi connectivity index (χ3v) is 5.77. The van der Waals surface area contributed by atoms with Crippen molar-refractivity contribution in [3.8, 4) is 11.4 Å². The second-order valence-corrected chi connectivity index (χ2v) is 7.91. The Morgan fingerprint density at radius 1 is 1.10 bits per heavy atom. The Kier molecular flexibility index (Phi) is 5.02. The van der Waals surface area contributed by atoms with E-state index in [9.17, 15) is 13.2 Å². The lowest BCUT2D eigenvalue weighted by Crippen LogP contribution is -2.31. The number of fused-ring (bicyclic) bond motifs is 1. The van der Waals surface area contributed by atoms with Crippen LogP contribution >= 0.6 is 0 Å². The summed E-state index contributed by atoms with van der Waals surface area (Å²) < 4.78 is 38.9. The molecule has 0 saturated carbocycles. The monoisotopic (exact) mass is 400 g/mol. The molecule has 3 heterocycles. The first-order valence-corrected chi connectivity index (χ1v) is 9.74. The lowest BCUT2D eigenvalue weighted by atomic mass is 9.88. The Morgan fingerprint density at radius 3 is 2.59 bits per heavy atom.